The minimum Gasteiger partial charge on any atom is -0.444 e. The Morgan fingerprint density at radius 3 is 2.46 bits per heavy atom. The summed E-state index contributed by atoms with van der Waals surface area (Å²) in [5.41, 5.74) is 0.00689. The highest BCUT2D eigenvalue weighted by Gasteiger charge is 2.33. The summed E-state index contributed by atoms with van der Waals surface area (Å²) in [6.07, 6.45) is 1.37. The molecule has 1 aromatic rings. The maximum Gasteiger partial charge on any atom is 0.410 e. The van der Waals surface area contributed by atoms with Crippen molar-refractivity contribution in [3.8, 4) is 0 Å². The van der Waals surface area contributed by atoms with Gasteiger partial charge in [0.2, 0.25) is 0 Å². The fraction of sp³-hybridized carbons (Fsp3) is 0.611. The topological polar surface area (TPSA) is 49.8 Å². The van der Waals surface area contributed by atoms with E-state index in [2.05, 4.69) is 0 Å². The number of amides is 1. The van der Waals surface area contributed by atoms with E-state index >= 15 is 0 Å². The van der Waals surface area contributed by atoms with E-state index in [4.69, 9.17) is 4.74 Å². The third-order valence-corrected chi connectivity index (χ3v) is 4.11. The lowest BCUT2D eigenvalue weighted by molar-refractivity contribution is -0.00460. The van der Waals surface area contributed by atoms with Crippen LogP contribution in [0.4, 0.5) is 13.6 Å². The van der Waals surface area contributed by atoms with Gasteiger partial charge >= 0.3 is 6.09 Å². The highest BCUT2D eigenvalue weighted by atomic mass is 19.1. The van der Waals surface area contributed by atoms with Crippen LogP contribution in [0.3, 0.4) is 0 Å². The molecule has 1 heterocycles. The molecule has 0 saturated carbocycles. The van der Waals surface area contributed by atoms with Gasteiger partial charge in [-0.1, -0.05) is 0 Å². The first kappa shape index (κ1) is 18.6. The summed E-state index contributed by atoms with van der Waals surface area (Å²) in [6.45, 7) is 5.69. The molecular weight excluding hydrogens is 316 g/mol. The van der Waals surface area contributed by atoms with Crippen molar-refractivity contribution >= 4 is 6.09 Å². The molecule has 1 aliphatic heterocycles. The van der Waals surface area contributed by atoms with Crippen LogP contribution in [-0.2, 0) is 11.2 Å². The third-order valence-electron chi connectivity index (χ3n) is 4.11. The molecule has 1 saturated heterocycles. The van der Waals surface area contributed by atoms with Crippen LogP contribution in [0.2, 0.25) is 0 Å². The number of aliphatic hydroxyl groups is 1. The summed E-state index contributed by atoms with van der Waals surface area (Å²) in [4.78, 5) is 13.8. The molecule has 24 heavy (non-hydrogen) atoms. The van der Waals surface area contributed by atoms with Crippen LogP contribution < -0.4 is 0 Å². The molecule has 2 unspecified atom stereocenters. The van der Waals surface area contributed by atoms with Crippen LogP contribution in [0.5, 0.6) is 0 Å². The summed E-state index contributed by atoms with van der Waals surface area (Å²) in [5.74, 6) is -1.02. The SMILES string of the molecule is CC(C)(C)OC(=O)N1CCC(Cc2cc(F)cc(F)c2)CC1CO. The van der Waals surface area contributed by atoms with Crippen LogP contribution in [0, 0.1) is 17.6 Å². The molecular formula is C18H25F2NO3. The first-order valence-corrected chi connectivity index (χ1v) is 8.23. The molecule has 0 spiro atoms. The Balaban J connectivity index is 2.00. The second-order valence-corrected chi connectivity index (χ2v) is 7.38. The van der Waals surface area contributed by atoms with Crippen molar-refractivity contribution in [1.82, 2.24) is 4.90 Å². The van der Waals surface area contributed by atoms with Crippen molar-refractivity contribution in [3.05, 3.63) is 35.4 Å². The highest BCUT2D eigenvalue weighted by molar-refractivity contribution is 5.68. The molecule has 2 rings (SSSR count). The van der Waals surface area contributed by atoms with E-state index in [0.29, 0.717) is 31.4 Å². The Bertz CT molecular complexity index is 566. The normalized spacial score (nSPS) is 21.7. The van der Waals surface area contributed by atoms with Gasteiger partial charge in [0.25, 0.3) is 0 Å². The van der Waals surface area contributed by atoms with Gasteiger partial charge in [0.15, 0.2) is 0 Å². The lowest BCUT2D eigenvalue weighted by Gasteiger charge is -2.39. The maximum atomic E-state index is 13.3. The quantitative estimate of drug-likeness (QED) is 0.915. The van der Waals surface area contributed by atoms with Crippen molar-refractivity contribution < 1.29 is 23.4 Å². The second-order valence-electron chi connectivity index (χ2n) is 7.38. The van der Waals surface area contributed by atoms with Crippen LogP contribution in [0.1, 0.15) is 39.2 Å². The number of nitrogens with zero attached hydrogens (tertiary/aromatic N) is 1. The Morgan fingerprint density at radius 2 is 1.92 bits per heavy atom. The third kappa shape index (κ3) is 5.16. The van der Waals surface area contributed by atoms with Gasteiger partial charge in [0.05, 0.1) is 12.6 Å². The minimum atomic E-state index is -0.590. The number of benzene rings is 1. The first-order chi connectivity index (χ1) is 11.2. The van der Waals surface area contributed by atoms with E-state index in [1.807, 2.05) is 0 Å². The van der Waals surface area contributed by atoms with E-state index in [0.717, 1.165) is 6.07 Å². The standard InChI is InChI=1S/C18H25F2NO3/c1-18(2,3)24-17(23)21-5-4-12(9-16(21)11-22)6-13-7-14(19)10-15(20)8-13/h7-8,10,12,16,22H,4-6,9,11H2,1-3H3. The fourth-order valence-corrected chi connectivity index (χ4v) is 3.12. The summed E-state index contributed by atoms with van der Waals surface area (Å²) in [5, 5.41) is 9.61. The number of carbonyl (C=O) groups is 1. The van der Waals surface area contributed by atoms with E-state index in [9.17, 15) is 18.7 Å². The van der Waals surface area contributed by atoms with E-state index in [1.165, 1.54) is 12.1 Å². The molecule has 1 N–H and O–H groups in total. The Kier molecular flexibility index (Phi) is 5.80. The van der Waals surface area contributed by atoms with Gasteiger partial charge in [-0.05, 0) is 63.6 Å². The molecule has 1 aromatic carbocycles. The predicted molar refractivity (Wildman–Crippen MR) is 86.6 cm³/mol. The van der Waals surface area contributed by atoms with Gasteiger partial charge in [-0.25, -0.2) is 13.6 Å². The molecule has 0 bridgehead atoms. The van der Waals surface area contributed by atoms with Crippen molar-refractivity contribution in [3.63, 3.8) is 0 Å². The number of carbonyl (C=O) groups excluding carboxylic acids is 1. The number of rotatable bonds is 3. The number of halogens is 2. The number of ether oxygens (including phenoxy) is 1. The molecule has 1 fully saturated rings. The summed E-state index contributed by atoms with van der Waals surface area (Å²) in [7, 11) is 0. The number of piperidine rings is 1. The molecule has 2 atom stereocenters. The molecule has 0 aliphatic carbocycles. The number of hydrogen-bond acceptors (Lipinski definition) is 3. The van der Waals surface area contributed by atoms with Crippen molar-refractivity contribution in [2.45, 2.75) is 51.7 Å². The predicted octanol–water partition coefficient (Wildman–Crippen LogP) is 3.52. The summed E-state index contributed by atoms with van der Waals surface area (Å²) < 4.78 is 32.0. The first-order valence-electron chi connectivity index (χ1n) is 8.23. The zero-order valence-corrected chi connectivity index (χ0v) is 14.4. The molecule has 0 radical (unpaired) electrons. The van der Waals surface area contributed by atoms with Gasteiger partial charge in [0.1, 0.15) is 17.2 Å². The van der Waals surface area contributed by atoms with Gasteiger partial charge in [-0.15, -0.1) is 0 Å². The van der Waals surface area contributed by atoms with Crippen LogP contribution in [0.15, 0.2) is 18.2 Å². The number of aliphatic hydroxyl groups excluding tert-OH is 1. The van der Waals surface area contributed by atoms with Crippen molar-refractivity contribution in [2.24, 2.45) is 5.92 Å². The van der Waals surface area contributed by atoms with Gasteiger partial charge in [0, 0.05) is 12.6 Å². The largest absolute Gasteiger partial charge is 0.444 e. The highest BCUT2D eigenvalue weighted by Crippen LogP contribution is 2.28. The Morgan fingerprint density at radius 1 is 1.29 bits per heavy atom. The van der Waals surface area contributed by atoms with Crippen LogP contribution in [-0.4, -0.2) is 40.9 Å². The van der Waals surface area contributed by atoms with E-state index < -0.39 is 23.3 Å². The monoisotopic (exact) mass is 341 g/mol. The molecule has 0 aromatic heterocycles. The lowest BCUT2D eigenvalue weighted by atomic mass is 9.86. The van der Waals surface area contributed by atoms with Gasteiger partial charge in [-0.3, -0.25) is 0 Å². The smallest absolute Gasteiger partial charge is 0.410 e. The van der Waals surface area contributed by atoms with Gasteiger partial charge in [-0.2, -0.15) is 0 Å². The number of likely N-dealkylation sites (tertiary alicyclic amines) is 1. The van der Waals surface area contributed by atoms with Crippen LogP contribution >= 0.6 is 0 Å². The maximum absolute atomic E-state index is 13.3. The van der Waals surface area contributed by atoms with Crippen molar-refractivity contribution in [2.75, 3.05) is 13.2 Å². The van der Waals surface area contributed by atoms with Crippen LogP contribution in [0.25, 0.3) is 0 Å². The zero-order valence-electron chi connectivity index (χ0n) is 14.4. The second kappa shape index (κ2) is 7.47. The fourth-order valence-electron chi connectivity index (χ4n) is 3.12. The minimum absolute atomic E-state index is 0.155. The average Bonchev–Trinajstić information content (AvgIpc) is 2.44. The van der Waals surface area contributed by atoms with Crippen molar-refractivity contribution in [1.29, 1.82) is 0 Å². The molecule has 1 aliphatic rings. The Labute approximate surface area is 141 Å². The zero-order chi connectivity index (χ0) is 17.9. The molecule has 134 valence electrons. The summed E-state index contributed by atoms with van der Waals surface area (Å²) in [6, 6.07) is 3.18. The molecule has 6 heteroatoms. The van der Waals surface area contributed by atoms with E-state index in [1.54, 1.807) is 25.7 Å². The average molecular weight is 341 g/mol. The van der Waals surface area contributed by atoms with E-state index in [-0.39, 0.29) is 18.6 Å². The lowest BCUT2D eigenvalue weighted by Crippen LogP contribution is -2.49. The Hall–Kier alpha value is -1.69. The molecule has 1 amide bonds. The van der Waals surface area contributed by atoms with Gasteiger partial charge < -0.3 is 14.7 Å². The number of hydrogen-bond donors (Lipinski definition) is 1. The molecule has 4 nitrogen and oxygen atoms in total. The summed E-state index contributed by atoms with van der Waals surface area (Å²) >= 11 is 0.